The molecule has 0 bridgehead atoms. The van der Waals surface area contributed by atoms with Crippen molar-refractivity contribution in [2.75, 3.05) is 48.6 Å². The molecule has 0 heterocycles. The van der Waals surface area contributed by atoms with Gasteiger partial charge in [-0.2, -0.15) is 5.26 Å². The predicted molar refractivity (Wildman–Crippen MR) is 132 cm³/mol. The van der Waals surface area contributed by atoms with Crippen LogP contribution in [0.5, 0.6) is 23.0 Å². The number of likely N-dealkylation sites (N-methyl/N-ethyl adjacent to an activating group) is 1. The standard InChI is InChI=1S/C27H38N2O4/c1-20(2)27(19-28,22-10-12-24(31-5)26(18-22)33-7)14-8-15-29(3)16-13-21-9-11-23(30-4)25(17-21)32-6/h9-12,17-18,20H,8,13-16H2,1-7H3/i9D,11D,17D. The Morgan fingerprint density at radius 2 is 1.64 bits per heavy atom. The third-order valence-electron chi connectivity index (χ3n) is 6.14. The molecule has 1 atom stereocenters. The maximum absolute atomic E-state index is 10.3. The summed E-state index contributed by atoms with van der Waals surface area (Å²) in [5, 5.41) is 10.3. The normalized spacial score (nSPS) is 14.1. The van der Waals surface area contributed by atoms with Gasteiger partial charge in [-0.3, -0.25) is 0 Å². The molecule has 2 aromatic rings. The second-order valence-electron chi connectivity index (χ2n) is 8.38. The molecule has 0 aromatic heterocycles. The average molecular weight is 458 g/mol. The van der Waals surface area contributed by atoms with Crippen molar-refractivity contribution >= 4 is 0 Å². The molecule has 0 aliphatic carbocycles. The zero-order valence-electron chi connectivity index (χ0n) is 23.9. The number of benzene rings is 2. The van der Waals surface area contributed by atoms with E-state index in [9.17, 15) is 5.26 Å². The molecule has 0 saturated carbocycles. The van der Waals surface area contributed by atoms with Gasteiger partial charge in [-0.25, -0.2) is 0 Å². The lowest BCUT2D eigenvalue weighted by Gasteiger charge is -2.32. The van der Waals surface area contributed by atoms with Crippen LogP contribution >= 0.6 is 0 Å². The van der Waals surface area contributed by atoms with Crippen LogP contribution in [-0.4, -0.2) is 53.5 Å². The molecule has 0 aliphatic heterocycles. The van der Waals surface area contributed by atoms with Crippen LogP contribution in [0.15, 0.2) is 36.3 Å². The van der Waals surface area contributed by atoms with Gasteiger partial charge in [-0.15, -0.1) is 0 Å². The minimum atomic E-state index is -0.674. The van der Waals surface area contributed by atoms with Gasteiger partial charge in [0.25, 0.3) is 0 Å². The second-order valence-corrected chi connectivity index (χ2v) is 8.38. The van der Waals surface area contributed by atoms with Crippen molar-refractivity contribution in [3.63, 3.8) is 0 Å². The Kier molecular flexibility index (Phi) is 8.21. The summed E-state index contributed by atoms with van der Waals surface area (Å²) in [6.45, 7) is 5.46. The number of hydrogen-bond acceptors (Lipinski definition) is 6. The molecular weight excluding hydrogens is 416 g/mol. The van der Waals surface area contributed by atoms with Crippen molar-refractivity contribution < 1.29 is 23.1 Å². The monoisotopic (exact) mass is 457 g/mol. The molecule has 0 amide bonds. The number of ether oxygens (including phenoxy) is 4. The first-order chi connectivity index (χ1) is 17.1. The Morgan fingerprint density at radius 1 is 0.970 bits per heavy atom. The lowest BCUT2D eigenvalue weighted by molar-refractivity contribution is 0.292. The largest absolute Gasteiger partial charge is 0.493 e. The Balaban J connectivity index is 2.13. The summed E-state index contributed by atoms with van der Waals surface area (Å²) in [4.78, 5) is 2.12. The van der Waals surface area contributed by atoms with Crippen LogP contribution in [0.2, 0.25) is 0 Å². The van der Waals surface area contributed by atoms with E-state index < -0.39 is 5.41 Å². The predicted octanol–water partition coefficient (Wildman–Crippen LogP) is 5.09. The fourth-order valence-corrected chi connectivity index (χ4v) is 4.00. The molecule has 0 spiro atoms. The first-order valence-electron chi connectivity index (χ1n) is 12.6. The molecule has 0 saturated heterocycles. The van der Waals surface area contributed by atoms with E-state index in [1.165, 1.54) is 14.2 Å². The Hall–Kier alpha value is -2.91. The molecule has 6 nitrogen and oxygen atoms in total. The molecule has 0 fully saturated rings. The number of nitrogens with zero attached hydrogens (tertiary/aromatic N) is 2. The molecule has 2 aromatic carbocycles. The molecule has 6 heteroatoms. The number of nitriles is 1. The van der Waals surface area contributed by atoms with Crippen LogP contribution < -0.4 is 18.9 Å². The van der Waals surface area contributed by atoms with Gasteiger partial charge >= 0.3 is 0 Å². The second kappa shape index (κ2) is 12.4. The van der Waals surface area contributed by atoms with Gasteiger partial charge in [0, 0.05) is 6.54 Å². The summed E-state index contributed by atoms with van der Waals surface area (Å²) in [6.07, 6.45) is 1.89. The highest BCUT2D eigenvalue weighted by molar-refractivity contribution is 5.47. The smallest absolute Gasteiger partial charge is 0.161 e. The first-order valence-corrected chi connectivity index (χ1v) is 11.1. The first kappa shape index (κ1) is 21.9. The van der Waals surface area contributed by atoms with E-state index >= 15 is 0 Å². The molecule has 0 radical (unpaired) electrons. The highest BCUT2D eigenvalue weighted by Crippen LogP contribution is 2.40. The average Bonchev–Trinajstić information content (AvgIpc) is 2.87. The fraction of sp³-hybridized carbons (Fsp3) is 0.519. The van der Waals surface area contributed by atoms with Crippen LogP contribution in [-0.2, 0) is 11.8 Å². The van der Waals surface area contributed by atoms with E-state index in [1.54, 1.807) is 14.2 Å². The topological polar surface area (TPSA) is 64.0 Å². The fourth-order valence-electron chi connectivity index (χ4n) is 4.00. The third-order valence-corrected chi connectivity index (χ3v) is 6.14. The summed E-state index contributed by atoms with van der Waals surface area (Å²) >= 11 is 0. The summed E-state index contributed by atoms with van der Waals surface area (Å²) in [6, 6.07) is 8.26. The summed E-state index contributed by atoms with van der Waals surface area (Å²) in [5.41, 5.74) is 0.696. The molecule has 180 valence electrons. The van der Waals surface area contributed by atoms with Crippen molar-refractivity contribution in [2.24, 2.45) is 5.92 Å². The highest BCUT2D eigenvalue weighted by Gasteiger charge is 2.36. The minimum absolute atomic E-state index is 0.0113. The van der Waals surface area contributed by atoms with E-state index in [1.807, 2.05) is 25.2 Å². The molecule has 1 unspecified atom stereocenters. The molecule has 2 rings (SSSR count). The molecule has 0 aliphatic rings. The van der Waals surface area contributed by atoms with E-state index in [4.69, 9.17) is 23.1 Å². The van der Waals surface area contributed by atoms with Crippen LogP contribution in [0.25, 0.3) is 0 Å². The summed E-state index contributed by atoms with van der Waals surface area (Å²) in [7, 11) is 8.00. The lowest BCUT2D eigenvalue weighted by Crippen LogP contribution is -2.32. The summed E-state index contributed by atoms with van der Waals surface area (Å²) < 4.78 is 46.3. The van der Waals surface area contributed by atoms with Crippen molar-refractivity contribution in [1.82, 2.24) is 4.90 Å². The quantitative estimate of drug-likeness (QED) is 0.417. The number of methoxy groups -OCH3 is 4. The van der Waals surface area contributed by atoms with Gasteiger partial charge in [0.2, 0.25) is 0 Å². The zero-order chi connectivity index (χ0) is 27.0. The van der Waals surface area contributed by atoms with Crippen LogP contribution in [0.1, 0.15) is 41.9 Å². The van der Waals surface area contributed by atoms with E-state index in [0.29, 0.717) is 36.4 Å². The van der Waals surface area contributed by atoms with E-state index in [-0.39, 0.29) is 35.5 Å². The van der Waals surface area contributed by atoms with Crippen LogP contribution in [0.4, 0.5) is 0 Å². The van der Waals surface area contributed by atoms with Crippen molar-refractivity contribution in [2.45, 2.75) is 38.5 Å². The van der Waals surface area contributed by atoms with Crippen molar-refractivity contribution in [1.29, 1.82) is 5.26 Å². The molecule has 0 N–H and O–H groups in total. The van der Waals surface area contributed by atoms with Gasteiger partial charge in [0.1, 0.15) is 0 Å². The van der Waals surface area contributed by atoms with Crippen molar-refractivity contribution in [3.05, 3.63) is 47.5 Å². The Labute approximate surface area is 203 Å². The van der Waals surface area contributed by atoms with Crippen molar-refractivity contribution in [3.8, 4) is 29.1 Å². The number of rotatable bonds is 13. The van der Waals surface area contributed by atoms with Gasteiger partial charge in [-0.05, 0) is 74.1 Å². The van der Waals surface area contributed by atoms with E-state index in [2.05, 4.69) is 24.8 Å². The molecular formula is C27H38N2O4. The Bertz CT molecular complexity index is 1090. The van der Waals surface area contributed by atoms with Gasteiger partial charge in [0.15, 0.2) is 23.0 Å². The van der Waals surface area contributed by atoms with Crippen LogP contribution in [0.3, 0.4) is 0 Å². The lowest BCUT2D eigenvalue weighted by atomic mass is 9.69. The van der Waals surface area contributed by atoms with Gasteiger partial charge in [0.05, 0.1) is 44.0 Å². The SMILES string of the molecule is [2H]c1c([2H])c(OC)c(OC)c([2H])c1CCN(C)CCCC(C#N)(c1ccc(OC)c(OC)c1)C(C)C. The van der Waals surface area contributed by atoms with Gasteiger partial charge in [-0.1, -0.05) is 26.0 Å². The van der Waals surface area contributed by atoms with E-state index in [0.717, 1.165) is 18.5 Å². The minimum Gasteiger partial charge on any atom is -0.493 e. The third kappa shape index (κ3) is 6.33. The molecule has 33 heavy (non-hydrogen) atoms. The maximum atomic E-state index is 10.3. The highest BCUT2D eigenvalue weighted by atomic mass is 16.5. The Morgan fingerprint density at radius 3 is 2.21 bits per heavy atom. The maximum Gasteiger partial charge on any atom is 0.161 e. The van der Waals surface area contributed by atoms with Gasteiger partial charge < -0.3 is 23.8 Å². The van der Waals surface area contributed by atoms with Crippen LogP contribution in [0, 0.1) is 17.2 Å². The zero-order valence-corrected chi connectivity index (χ0v) is 20.9. The number of hydrogen-bond donors (Lipinski definition) is 0. The summed E-state index contributed by atoms with van der Waals surface area (Å²) in [5.74, 6) is 1.62.